The Morgan fingerprint density at radius 1 is 0.590 bits per heavy atom. The summed E-state index contributed by atoms with van der Waals surface area (Å²) in [5.74, 6) is -0.757. The zero-order valence-corrected chi connectivity index (χ0v) is 25.4. The number of carbonyl (C=O) groups excluding carboxylic acids is 1. The van der Waals surface area contributed by atoms with Crippen LogP contribution in [0, 0.1) is 0 Å². The van der Waals surface area contributed by atoms with Gasteiger partial charge in [0.15, 0.2) is 0 Å². The zero-order chi connectivity index (χ0) is 28.7. The molecular weight excluding hydrogens is 484 g/mol. The van der Waals surface area contributed by atoms with E-state index in [4.69, 9.17) is 9.84 Å². The summed E-state index contributed by atoms with van der Waals surface area (Å²) in [4.78, 5) is 23.1. The fourth-order valence-electron chi connectivity index (χ4n) is 4.47. The van der Waals surface area contributed by atoms with Gasteiger partial charge in [-0.05, 0) is 64.2 Å². The van der Waals surface area contributed by atoms with E-state index in [2.05, 4.69) is 62.5 Å². The molecule has 4 nitrogen and oxygen atoms in total. The molecule has 39 heavy (non-hydrogen) atoms. The standard InChI is InChI=1S/C35H60O4/c1-3-5-7-9-11-13-14-15-16-17-18-21-25-29-33(30-26-22-20-23-27-31-34(36)37)39-35(38)32-28-24-19-12-10-8-6-4-2/h5,7,11,13,15-16,18,21,33H,3-4,6,8-10,12,14,17,19-20,22-32H2,1-2H3,(H,36,37)/b7-5-,13-11-,16-15-,21-18-. The summed E-state index contributed by atoms with van der Waals surface area (Å²) in [6, 6.07) is 0. The summed E-state index contributed by atoms with van der Waals surface area (Å²) in [7, 11) is 0. The number of esters is 1. The number of carboxylic acids is 1. The Labute approximate surface area is 241 Å². The van der Waals surface area contributed by atoms with Gasteiger partial charge in [-0.3, -0.25) is 9.59 Å². The molecule has 0 aliphatic heterocycles. The molecule has 1 N–H and O–H groups in total. The molecule has 0 saturated carbocycles. The molecule has 1 atom stereocenters. The smallest absolute Gasteiger partial charge is 0.306 e. The molecule has 0 saturated heterocycles. The van der Waals surface area contributed by atoms with Crippen LogP contribution < -0.4 is 0 Å². The van der Waals surface area contributed by atoms with Gasteiger partial charge in [0, 0.05) is 12.8 Å². The van der Waals surface area contributed by atoms with Gasteiger partial charge in [0.05, 0.1) is 0 Å². The summed E-state index contributed by atoms with van der Waals surface area (Å²) < 4.78 is 5.90. The Bertz CT molecular complexity index is 674. The van der Waals surface area contributed by atoms with Gasteiger partial charge in [0.2, 0.25) is 0 Å². The van der Waals surface area contributed by atoms with E-state index in [1.807, 2.05) is 0 Å². The van der Waals surface area contributed by atoms with Crippen molar-refractivity contribution in [2.45, 2.75) is 161 Å². The van der Waals surface area contributed by atoms with Crippen LogP contribution in [0.15, 0.2) is 48.6 Å². The number of unbranched alkanes of at least 4 members (excludes halogenated alkanes) is 11. The Kier molecular flexibility index (Phi) is 28.8. The van der Waals surface area contributed by atoms with Crippen LogP contribution in [0.3, 0.4) is 0 Å². The second kappa shape index (κ2) is 30.4. The molecule has 0 aromatic carbocycles. The predicted octanol–water partition coefficient (Wildman–Crippen LogP) is 10.8. The quantitative estimate of drug-likeness (QED) is 0.0604. The molecule has 0 aromatic heterocycles. The average Bonchev–Trinajstić information content (AvgIpc) is 2.91. The number of carbonyl (C=O) groups is 2. The van der Waals surface area contributed by atoms with Gasteiger partial charge in [-0.25, -0.2) is 0 Å². The van der Waals surface area contributed by atoms with Gasteiger partial charge >= 0.3 is 11.9 Å². The van der Waals surface area contributed by atoms with Crippen molar-refractivity contribution in [3.8, 4) is 0 Å². The minimum Gasteiger partial charge on any atom is -0.481 e. The summed E-state index contributed by atoms with van der Waals surface area (Å²) in [5, 5.41) is 8.76. The molecule has 224 valence electrons. The van der Waals surface area contributed by atoms with Crippen molar-refractivity contribution >= 4 is 11.9 Å². The lowest BCUT2D eigenvalue weighted by Gasteiger charge is -2.17. The van der Waals surface area contributed by atoms with Gasteiger partial charge in [0.1, 0.15) is 6.10 Å². The normalized spacial score (nSPS) is 12.9. The molecule has 0 radical (unpaired) electrons. The van der Waals surface area contributed by atoms with E-state index in [1.165, 1.54) is 38.5 Å². The van der Waals surface area contributed by atoms with Crippen molar-refractivity contribution in [2.75, 3.05) is 0 Å². The lowest BCUT2D eigenvalue weighted by molar-refractivity contribution is -0.150. The van der Waals surface area contributed by atoms with E-state index < -0.39 is 5.97 Å². The van der Waals surface area contributed by atoms with Gasteiger partial charge in [-0.2, -0.15) is 0 Å². The monoisotopic (exact) mass is 544 g/mol. The third-order valence-corrected chi connectivity index (χ3v) is 6.82. The number of allylic oxidation sites excluding steroid dienone is 8. The van der Waals surface area contributed by atoms with E-state index in [1.54, 1.807) is 0 Å². The highest BCUT2D eigenvalue weighted by atomic mass is 16.5. The van der Waals surface area contributed by atoms with Gasteiger partial charge in [-0.15, -0.1) is 0 Å². The predicted molar refractivity (Wildman–Crippen MR) is 167 cm³/mol. The lowest BCUT2D eigenvalue weighted by atomic mass is 10.0. The maximum absolute atomic E-state index is 12.5. The summed E-state index contributed by atoms with van der Waals surface area (Å²) >= 11 is 0. The highest BCUT2D eigenvalue weighted by molar-refractivity contribution is 5.69. The van der Waals surface area contributed by atoms with Crippen molar-refractivity contribution < 1.29 is 19.4 Å². The molecule has 4 heteroatoms. The van der Waals surface area contributed by atoms with Crippen LogP contribution in [0.25, 0.3) is 0 Å². The third kappa shape index (κ3) is 30.3. The second-order valence-electron chi connectivity index (χ2n) is 10.6. The molecule has 0 rings (SSSR count). The van der Waals surface area contributed by atoms with Crippen molar-refractivity contribution in [1.29, 1.82) is 0 Å². The first-order chi connectivity index (χ1) is 19.1. The van der Waals surface area contributed by atoms with Crippen molar-refractivity contribution in [1.82, 2.24) is 0 Å². The molecule has 0 spiro atoms. The minimum atomic E-state index is -0.714. The first-order valence-electron chi connectivity index (χ1n) is 16.1. The van der Waals surface area contributed by atoms with Gasteiger partial charge in [0.25, 0.3) is 0 Å². The van der Waals surface area contributed by atoms with Crippen LogP contribution in [0.4, 0.5) is 0 Å². The van der Waals surface area contributed by atoms with Crippen LogP contribution in [0.5, 0.6) is 0 Å². The SMILES string of the molecule is CC/C=C\C/C=C\C/C=C\C/C=C\CCC(CCCCCCCC(=O)O)OC(=O)CCCCCCCCCC. The molecule has 0 aromatic rings. The first kappa shape index (κ1) is 36.9. The molecule has 0 aliphatic carbocycles. The van der Waals surface area contributed by atoms with Crippen LogP contribution >= 0.6 is 0 Å². The van der Waals surface area contributed by atoms with Crippen LogP contribution in [-0.2, 0) is 14.3 Å². The molecule has 0 aliphatic rings. The lowest BCUT2D eigenvalue weighted by Crippen LogP contribution is -2.18. The maximum atomic E-state index is 12.5. The van der Waals surface area contributed by atoms with E-state index in [-0.39, 0.29) is 18.5 Å². The van der Waals surface area contributed by atoms with Crippen LogP contribution in [-0.4, -0.2) is 23.1 Å². The topological polar surface area (TPSA) is 63.6 Å². The molecular formula is C35H60O4. The maximum Gasteiger partial charge on any atom is 0.306 e. The summed E-state index contributed by atoms with van der Waals surface area (Å²) in [5.41, 5.74) is 0. The molecule has 0 heterocycles. The van der Waals surface area contributed by atoms with Crippen LogP contribution in [0.1, 0.15) is 155 Å². The zero-order valence-electron chi connectivity index (χ0n) is 25.4. The Morgan fingerprint density at radius 2 is 1.08 bits per heavy atom. The molecule has 0 fully saturated rings. The average molecular weight is 545 g/mol. The van der Waals surface area contributed by atoms with Crippen LogP contribution in [0.2, 0.25) is 0 Å². The summed E-state index contributed by atoms with van der Waals surface area (Å²) in [6.07, 6.45) is 39.7. The van der Waals surface area contributed by atoms with Crippen molar-refractivity contribution in [2.24, 2.45) is 0 Å². The van der Waals surface area contributed by atoms with Crippen molar-refractivity contribution in [3.63, 3.8) is 0 Å². The van der Waals surface area contributed by atoms with E-state index in [0.29, 0.717) is 6.42 Å². The number of hydrogen-bond acceptors (Lipinski definition) is 3. The van der Waals surface area contributed by atoms with E-state index in [9.17, 15) is 9.59 Å². The molecule has 0 bridgehead atoms. The van der Waals surface area contributed by atoms with Gasteiger partial charge in [-0.1, -0.05) is 127 Å². The number of aliphatic carboxylic acids is 1. The van der Waals surface area contributed by atoms with Gasteiger partial charge < -0.3 is 9.84 Å². The largest absolute Gasteiger partial charge is 0.481 e. The molecule has 0 amide bonds. The first-order valence-corrected chi connectivity index (χ1v) is 16.1. The minimum absolute atomic E-state index is 0.0161. The third-order valence-electron chi connectivity index (χ3n) is 6.82. The second-order valence-corrected chi connectivity index (χ2v) is 10.6. The molecule has 1 unspecified atom stereocenters. The number of carboxylic acid groups (broad SMARTS) is 1. The van der Waals surface area contributed by atoms with Crippen molar-refractivity contribution in [3.05, 3.63) is 48.6 Å². The Morgan fingerprint density at radius 3 is 1.64 bits per heavy atom. The fraction of sp³-hybridized carbons (Fsp3) is 0.714. The van der Waals surface area contributed by atoms with E-state index in [0.717, 1.165) is 89.9 Å². The fourth-order valence-corrected chi connectivity index (χ4v) is 4.47. The highest BCUT2D eigenvalue weighted by Crippen LogP contribution is 2.17. The highest BCUT2D eigenvalue weighted by Gasteiger charge is 2.13. The number of hydrogen-bond donors (Lipinski definition) is 1. The number of rotatable bonds is 28. The Hall–Kier alpha value is -2.10. The van der Waals surface area contributed by atoms with E-state index >= 15 is 0 Å². The summed E-state index contributed by atoms with van der Waals surface area (Å²) in [6.45, 7) is 4.39. The number of ether oxygens (including phenoxy) is 1. The Balaban J connectivity index is 4.26.